The van der Waals surface area contributed by atoms with Gasteiger partial charge in [-0.3, -0.25) is 0 Å². The van der Waals surface area contributed by atoms with E-state index >= 15 is 0 Å². The first-order valence-electron chi connectivity index (χ1n) is 7.56. The van der Waals surface area contributed by atoms with E-state index in [2.05, 4.69) is 19.2 Å². The van der Waals surface area contributed by atoms with Gasteiger partial charge in [-0.05, 0) is 61.9 Å². The Morgan fingerprint density at radius 3 is 2.27 bits per heavy atom. The molecule has 0 fully saturated rings. The van der Waals surface area contributed by atoms with Crippen LogP contribution in [-0.4, -0.2) is 19.3 Å². The topological polar surface area (TPSA) is 30.5 Å². The second-order valence-electron chi connectivity index (χ2n) is 5.09. The summed E-state index contributed by atoms with van der Waals surface area (Å²) in [4.78, 5) is 0. The summed E-state index contributed by atoms with van der Waals surface area (Å²) in [6, 6.07) is 15.4. The average Bonchev–Trinajstić information content (AvgIpc) is 2.54. The third kappa shape index (κ3) is 5.49. The molecule has 4 heteroatoms. The molecular weight excluding hydrogens is 298 g/mol. The van der Waals surface area contributed by atoms with E-state index in [1.807, 2.05) is 48.5 Å². The Hall–Kier alpha value is -1.87. The van der Waals surface area contributed by atoms with E-state index in [-0.39, 0.29) is 6.10 Å². The standard InChI is InChI=1S/C18H22ClNO2/c1-3-14(2)22-18-10-6-16(7-11-18)20-12-13-21-17-8-4-15(19)5-9-17/h4-11,14,20H,3,12-13H2,1-2H3. The minimum absolute atomic E-state index is 0.242. The van der Waals surface area contributed by atoms with Gasteiger partial charge in [0.2, 0.25) is 0 Å². The maximum absolute atomic E-state index is 5.83. The maximum Gasteiger partial charge on any atom is 0.119 e. The van der Waals surface area contributed by atoms with Crippen LogP contribution in [0, 0.1) is 0 Å². The molecule has 0 saturated heterocycles. The SMILES string of the molecule is CCC(C)Oc1ccc(NCCOc2ccc(Cl)cc2)cc1. The Morgan fingerprint density at radius 2 is 1.64 bits per heavy atom. The summed E-state index contributed by atoms with van der Waals surface area (Å²) < 4.78 is 11.4. The Kier molecular flexibility index (Phi) is 6.41. The minimum Gasteiger partial charge on any atom is -0.492 e. The van der Waals surface area contributed by atoms with Gasteiger partial charge in [0.25, 0.3) is 0 Å². The van der Waals surface area contributed by atoms with Gasteiger partial charge in [-0.2, -0.15) is 0 Å². The molecule has 0 spiro atoms. The summed E-state index contributed by atoms with van der Waals surface area (Å²) in [5, 5.41) is 4.03. The third-order valence-electron chi connectivity index (χ3n) is 3.28. The maximum atomic E-state index is 5.83. The molecule has 0 bridgehead atoms. The van der Waals surface area contributed by atoms with Crippen molar-refractivity contribution in [3.63, 3.8) is 0 Å². The van der Waals surface area contributed by atoms with Crippen molar-refractivity contribution in [3.05, 3.63) is 53.6 Å². The predicted octanol–water partition coefficient (Wildman–Crippen LogP) is 5.01. The van der Waals surface area contributed by atoms with Crippen LogP contribution < -0.4 is 14.8 Å². The van der Waals surface area contributed by atoms with Crippen LogP contribution >= 0.6 is 11.6 Å². The Labute approximate surface area is 137 Å². The van der Waals surface area contributed by atoms with Gasteiger partial charge >= 0.3 is 0 Å². The fourth-order valence-corrected chi connectivity index (χ4v) is 1.99. The van der Waals surface area contributed by atoms with E-state index in [1.165, 1.54) is 0 Å². The molecule has 0 aliphatic rings. The van der Waals surface area contributed by atoms with E-state index < -0.39 is 0 Å². The molecular formula is C18H22ClNO2. The fraction of sp³-hybridized carbons (Fsp3) is 0.333. The summed E-state index contributed by atoms with van der Waals surface area (Å²) in [6.45, 7) is 5.50. The lowest BCUT2D eigenvalue weighted by atomic mass is 10.3. The van der Waals surface area contributed by atoms with Crippen molar-refractivity contribution in [2.45, 2.75) is 26.4 Å². The molecule has 0 saturated carbocycles. The smallest absolute Gasteiger partial charge is 0.119 e. The van der Waals surface area contributed by atoms with Crippen LogP contribution in [0.25, 0.3) is 0 Å². The first kappa shape index (κ1) is 16.5. The minimum atomic E-state index is 0.242. The number of rotatable bonds is 8. The van der Waals surface area contributed by atoms with Crippen LogP contribution in [0.3, 0.4) is 0 Å². The zero-order valence-corrected chi connectivity index (χ0v) is 13.8. The Balaban J connectivity index is 1.71. The van der Waals surface area contributed by atoms with Crippen LogP contribution in [-0.2, 0) is 0 Å². The number of nitrogens with one attached hydrogen (secondary N) is 1. The summed E-state index contributed by atoms with van der Waals surface area (Å²) in [5.41, 5.74) is 1.05. The number of hydrogen-bond donors (Lipinski definition) is 1. The van der Waals surface area contributed by atoms with Crippen molar-refractivity contribution in [1.29, 1.82) is 0 Å². The summed E-state index contributed by atoms with van der Waals surface area (Å²) in [6.07, 6.45) is 1.24. The molecule has 2 aromatic carbocycles. The van der Waals surface area contributed by atoms with Crippen molar-refractivity contribution in [1.82, 2.24) is 0 Å². The first-order valence-corrected chi connectivity index (χ1v) is 7.94. The molecule has 1 atom stereocenters. The monoisotopic (exact) mass is 319 g/mol. The highest BCUT2D eigenvalue weighted by Gasteiger charge is 2.01. The molecule has 0 radical (unpaired) electrons. The van der Waals surface area contributed by atoms with E-state index in [4.69, 9.17) is 21.1 Å². The Bertz CT molecular complexity index is 554. The number of halogens is 1. The molecule has 2 rings (SSSR count). The van der Waals surface area contributed by atoms with Gasteiger partial charge in [-0.1, -0.05) is 18.5 Å². The number of benzene rings is 2. The second kappa shape index (κ2) is 8.54. The van der Waals surface area contributed by atoms with Crippen molar-refractivity contribution in [3.8, 4) is 11.5 Å². The first-order chi connectivity index (χ1) is 10.7. The molecule has 0 aromatic heterocycles. The Morgan fingerprint density at radius 1 is 1.00 bits per heavy atom. The lowest BCUT2D eigenvalue weighted by molar-refractivity contribution is 0.217. The van der Waals surface area contributed by atoms with E-state index in [0.29, 0.717) is 11.6 Å². The van der Waals surface area contributed by atoms with Crippen molar-refractivity contribution in [2.24, 2.45) is 0 Å². The highest BCUT2D eigenvalue weighted by Crippen LogP contribution is 2.18. The predicted molar refractivity (Wildman–Crippen MR) is 92.3 cm³/mol. The molecule has 22 heavy (non-hydrogen) atoms. The molecule has 118 valence electrons. The molecule has 2 aromatic rings. The quantitative estimate of drug-likeness (QED) is 0.694. The van der Waals surface area contributed by atoms with Gasteiger partial charge in [0.15, 0.2) is 0 Å². The number of ether oxygens (including phenoxy) is 2. The molecule has 0 aliphatic heterocycles. The fourth-order valence-electron chi connectivity index (χ4n) is 1.86. The highest BCUT2D eigenvalue weighted by atomic mass is 35.5. The van der Waals surface area contributed by atoms with Crippen molar-refractivity contribution >= 4 is 17.3 Å². The molecule has 1 N–H and O–H groups in total. The van der Waals surface area contributed by atoms with Crippen LogP contribution in [0.15, 0.2) is 48.5 Å². The molecule has 0 heterocycles. The molecule has 1 unspecified atom stereocenters. The van der Waals surface area contributed by atoms with Gasteiger partial charge in [0.1, 0.15) is 18.1 Å². The van der Waals surface area contributed by atoms with Crippen LogP contribution in [0.2, 0.25) is 5.02 Å². The zero-order valence-electron chi connectivity index (χ0n) is 13.0. The van der Waals surface area contributed by atoms with Gasteiger partial charge in [0, 0.05) is 17.3 Å². The number of anilines is 1. The van der Waals surface area contributed by atoms with Gasteiger partial charge in [-0.15, -0.1) is 0 Å². The van der Waals surface area contributed by atoms with Crippen LogP contribution in [0.5, 0.6) is 11.5 Å². The second-order valence-corrected chi connectivity index (χ2v) is 5.53. The van der Waals surface area contributed by atoms with Gasteiger partial charge in [-0.25, -0.2) is 0 Å². The average molecular weight is 320 g/mol. The molecule has 0 aliphatic carbocycles. The normalized spacial score (nSPS) is 11.8. The molecule has 0 amide bonds. The lowest BCUT2D eigenvalue weighted by Gasteiger charge is -2.13. The zero-order chi connectivity index (χ0) is 15.8. The summed E-state index contributed by atoms with van der Waals surface area (Å²) in [5.74, 6) is 1.72. The molecule has 3 nitrogen and oxygen atoms in total. The summed E-state index contributed by atoms with van der Waals surface area (Å²) in [7, 11) is 0. The van der Waals surface area contributed by atoms with Crippen LogP contribution in [0.1, 0.15) is 20.3 Å². The summed E-state index contributed by atoms with van der Waals surface area (Å²) >= 11 is 5.83. The van der Waals surface area contributed by atoms with Crippen molar-refractivity contribution < 1.29 is 9.47 Å². The van der Waals surface area contributed by atoms with E-state index in [9.17, 15) is 0 Å². The largest absolute Gasteiger partial charge is 0.492 e. The van der Waals surface area contributed by atoms with Crippen LogP contribution in [0.4, 0.5) is 5.69 Å². The van der Waals surface area contributed by atoms with Gasteiger partial charge < -0.3 is 14.8 Å². The third-order valence-corrected chi connectivity index (χ3v) is 3.53. The van der Waals surface area contributed by atoms with Gasteiger partial charge in [0.05, 0.1) is 6.10 Å². The lowest BCUT2D eigenvalue weighted by Crippen LogP contribution is -2.12. The van der Waals surface area contributed by atoms with E-state index in [1.54, 1.807) is 0 Å². The van der Waals surface area contributed by atoms with Crippen molar-refractivity contribution in [2.75, 3.05) is 18.5 Å². The number of hydrogen-bond acceptors (Lipinski definition) is 3. The van der Waals surface area contributed by atoms with E-state index in [0.717, 1.165) is 30.2 Å². The highest BCUT2D eigenvalue weighted by molar-refractivity contribution is 6.30.